The number of benzene rings is 1. The summed E-state index contributed by atoms with van der Waals surface area (Å²) in [6.45, 7) is 3.93. The van der Waals surface area contributed by atoms with Crippen molar-refractivity contribution in [2.45, 2.75) is 20.3 Å². The molecule has 0 bridgehead atoms. The lowest BCUT2D eigenvalue weighted by Gasteiger charge is -2.06. The predicted octanol–water partition coefficient (Wildman–Crippen LogP) is 4.64. The minimum absolute atomic E-state index is 0.274. The Morgan fingerprint density at radius 2 is 2.14 bits per heavy atom. The highest BCUT2D eigenvalue weighted by atomic mass is 79.9. The van der Waals surface area contributed by atoms with Gasteiger partial charge in [0.2, 0.25) is 0 Å². The first-order chi connectivity index (χ1) is 10.0. The molecule has 6 heteroatoms. The first kappa shape index (κ1) is 16.0. The van der Waals surface area contributed by atoms with E-state index in [1.54, 1.807) is 19.1 Å². The zero-order valence-corrected chi connectivity index (χ0v) is 14.1. The molecule has 21 heavy (non-hydrogen) atoms. The summed E-state index contributed by atoms with van der Waals surface area (Å²) in [5, 5.41) is 0. The maximum absolute atomic E-state index is 14.2. The van der Waals surface area contributed by atoms with Gasteiger partial charge >= 0.3 is 5.97 Å². The van der Waals surface area contributed by atoms with Crippen LogP contribution in [0.2, 0.25) is 0 Å². The average molecular weight is 372 g/mol. The molecule has 3 nitrogen and oxygen atoms in total. The minimum Gasteiger partial charge on any atom is -0.462 e. The number of ether oxygens (including phenoxy) is 1. The van der Waals surface area contributed by atoms with Crippen molar-refractivity contribution >= 4 is 38.9 Å². The van der Waals surface area contributed by atoms with Gasteiger partial charge in [-0.2, -0.15) is 0 Å². The van der Waals surface area contributed by atoms with Gasteiger partial charge in [-0.15, -0.1) is 11.3 Å². The molecule has 2 rings (SSSR count). The van der Waals surface area contributed by atoms with Crippen molar-refractivity contribution < 1.29 is 13.9 Å². The van der Waals surface area contributed by atoms with Crippen molar-refractivity contribution in [2.75, 3.05) is 12.3 Å². The number of carbonyl (C=O) groups excluding carboxylic acids is 1. The average Bonchev–Trinajstić information content (AvgIpc) is 2.76. The number of rotatable bonds is 4. The highest BCUT2D eigenvalue weighted by Gasteiger charge is 2.24. The van der Waals surface area contributed by atoms with E-state index in [2.05, 4.69) is 15.9 Å². The number of anilines is 1. The summed E-state index contributed by atoms with van der Waals surface area (Å²) in [4.78, 5) is 13.0. The number of halogens is 2. The van der Waals surface area contributed by atoms with Crippen molar-refractivity contribution in [1.82, 2.24) is 0 Å². The summed E-state index contributed by atoms with van der Waals surface area (Å²) in [5.74, 6) is -0.816. The topological polar surface area (TPSA) is 52.3 Å². The summed E-state index contributed by atoms with van der Waals surface area (Å²) in [6.07, 6.45) is 0.609. The van der Waals surface area contributed by atoms with Crippen LogP contribution in [0.4, 0.5) is 10.1 Å². The van der Waals surface area contributed by atoms with Gasteiger partial charge < -0.3 is 10.5 Å². The first-order valence-electron chi connectivity index (χ1n) is 6.53. The van der Waals surface area contributed by atoms with E-state index < -0.39 is 5.97 Å². The molecule has 0 saturated carbocycles. The lowest BCUT2D eigenvalue weighted by molar-refractivity contribution is 0.0533. The Kier molecular flexibility index (Phi) is 5.00. The molecule has 1 aromatic carbocycles. The van der Waals surface area contributed by atoms with Crippen LogP contribution in [0.1, 0.15) is 29.1 Å². The Hall–Kier alpha value is -1.40. The summed E-state index contributed by atoms with van der Waals surface area (Å²) in [7, 11) is 0. The molecule has 112 valence electrons. The zero-order chi connectivity index (χ0) is 15.6. The Balaban J connectivity index is 2.64. The maximum atomic E-state index is 14.2. The number of nitrogens with two attached hydrogens (primary N) is 1. The monoisotopic (exact) mass is 371 g/mol. The Labute approximate surface area is 135 Å². The van der Waals surface area contributed by atoms with E-state index >= 15 is 0 Å². The molecule has 0 atom stereocenters. The fourth-order valence-electron chi connectivity index (χ4n) is 2.09. The van der Waals surface area contributed by atoms with Gasteiger partial charge in [0.05, 0.1) is 12.3 Å². The van der Waals surface area contributed by atoms with E-state index in [0.717, 1.165) is 5.56 Å². The highest BCUT2D eigenvalue weighted by molar-refractivity contribution is 9.10. The molecule has 0 spiro atoms. The molecule has 0 fully saturated rings. The maximum Gasteiger partial charge on any atom is 0.350 e. The third-order valence-corrected chi connectivity index (χ3v) is 4.96. The van der Waals surface area contributed by atoms with E-state index in [-0.39, 0.29) is 12.4 Å². The summed E-state index contributed by atoms with van der Waals surface area (Å²) >= 11 is 4.53. The summed E-state index contributed by atoms with van der Waals surface area (Å²) in [5.41, 5.74) is 7.64. The third-order valence-electron chi connectivity index (χ3n) is 3.05. The largest absolute Gasteiger partial charge is 0.462 e. The van der Waals surface area contributed by atoms with Crippen LogP contribution in [-0.4, -0.2) is 12.6 Å². The van der Waals surface area contributed by atoms with Crippen molar-refractivity contribution in [3.63, 3.8) is 0 Å². The molecular weight excluding hydrogens is 357 g/mol. The summed E-state index contributed by atoms with van der Waals surface area (Å²) in [6, 6.07) is 4.77. The molecule has 0 aliphatic carbocycles. The van der Waals surface area contributed by atoms with E-state index in [9.17, 15) is 9.18 Å². The first-order valence-corrected chi connectivity index (χ1v) is 8.14. The van der Waals surface area contributed by atoms with E-state index in [0.29, 0.717) is 31.9 Å². The molecule has 0 saturated heterocycles. The molecular formula is C15H15BrFNO2S. The van der Waals surface area contributed by atoms with Crippen LogP contribution in [0.3, 0.4) is 0 Å². The van der Waals surface area contributed by atoms with Crippen LogP contribution >= 0.6 is 27.3 Å². The molecule has 0 radical (unpaired) electrons. The van der Waals surface area contributed by atoms with Crippen molar-refractivity contribution in [1.29, 1.82) is 0 Å². The zero-order valence-electron chi connectivity index (χ0n) is 11.7. The third kappa shape index (κ3) is 2.96. The molecule has 1 aromatic heterocycles. The number of carbonyl (C=O) groups is 1. The molecule has 2 aromatic rings. The van der Waals surface area contributed by atoms with Crippen molar-refractivity contribution in [3.05, 3.63) is 38.9 Å². The fourth-order valence-corrected chi connectivity index (χ4v) is 4.03. The van der Waals surface area contributed by atoms with Crippen LogP contribution < -0.4 is 5.73 Å². The number of thiophene rings is 1. The smallest absolute Gasteiger partial charge is 0.350 e. The number of esters is 1. The molecule has 1 heterocycles. The standard InChI is InChI=1S/C15H15BrFNO2S/c1-3-8-12(18)14(15(19)20-4-2)21-13(8)11-9(16)6-5-7-10(11)17/h5-7H,3-4,18H2,1-2H3. The highest BCUT2D eigenvalue weighted by Crippen LogP contribution is 2.43. The quantitative estimate of drug-likeness (QED) is 0.796. The van der Waals surface area contributed by atoms with Gasteiger partial charge in [-0.3, -0.25) is 0 Å². The van der Waals surface area contributed by atoms with Gasteiger partial charge in [-0.25, -0.2) is 9.18 Å². The van der Waals surface area contributed by atoms with Crippen LogP contribution in [-0.2, 0) is 11.2 Å². The summed E-state index contributed by atoms with van der Waals surface area (Å²) < 4.78 is 19.8. The SMILES string of the molecule is CCOC(=O)c1sc(-c2c(F)cccc2Br)c(CC)c1N. The van der Waals surface area contributed by atoms with Gasteiger partial charge in [0.1, 0.15) is 10.7 Å². The van der Waals surface area contributed by atoms with E-state index in [1.807, 2.05) is 6.92 Å². The van der Waals surface area contributed by atoms with Gasteiger partial charge in [0.15, 0.2) is 0 Å². The van der Waals surface area contributed by atoms with Gasteiger partial charge in [0, 0.05) is 14.9 Å². The second-order valence-corrected chi connectivity index (χ2v) is 6.20. The molecule has 0 amide bonds. The minimum atomic E-state index is -0.464. The second kappa shape index (κ2) is 6.58. The Bertz CT molecular complexity index is 664. The van der Waals surface area contributed by atoms with Gasteiger partial charge in [-0.1, -0.05) is 28.9 Å². The number of hydrogen-bond donors (Lipinski definition) is 1. The van der Waals surface area contributed by atoms with E-state index in [1.165, 1.54) is 17.4 Å². The van der Waals surface area contributed by atoms with Crippen molar-refractivity contribution in [3.8, 4) is 10.4 Å². The fraction of sp³-hybridized carbons (Fsp3) is 0.267. The van der Waals surface area contributed by atoms with Crippen LogP contribution in [0.15, 0.2) is 22.7 Å². The molecule has 0 aliphatic heterocycles. The predicted molar refractivity (Wildman–Crippen MR) is 87.2 cm³/mol. The van der Waals surface area contributed by atoms with Gasteiger partial charge in [0.25, 0.3) is 0 Å². The number of hydrogen-bond acceptors (Lipinski definition) is 4. The lowest BCUT2D eigenvalue weighted by Crippen LogP contribution is -2.05. The number of nitrogen functional groups attached to an aromatic ring is 1. The molecule has 0 unspecified atom stereocenters. The van der Waals surface area contributed by atoms with Crippen LogP contribution in [0.5, 0.6) is 0 Å². The Morgan fingerprint density at radius 1 is 1.43 bits per heavy atom. The van der Waals surface area contributed by atoms with Crippen molar-refractivity contribution in [2.24, 2.45) is 0 Å². The molecule has 0 aliphatic rings. The normalized spacial score (nSPS) is 10.7. The van der Waals surface area contributed by atoms with Gasteiger partial charge in [-0.05, 0) is 31.0 Å². The molecule has 2 N–H and O–H groups in total. The van der Waals surface area contributed by atoms with E-state index in [4.69, 9.17) is 10.5 Å². The Morgan fingerprint density at radius 3 is 2.71 bits per heavy atom. The second-order valence-electron chi connectivity index (χ2n) is 4.32. The lowest BCUT2D eigenvalue weighted by atomic mass is 10.1. The van der Waals surface area contributed by atoms with Crippen LogP contribution in [0.25, 0.3) is 10.4 Å². The van der Waals surface area contributed by atoms with Crippen LogP contribution in [0, 0.1) is 5.82 Å².